The summed E-state index contributed by atoms with van der Waals surface area (Å²) in [7, 11) is 4.74. The quantitative estimate of drug-likeness (QED) is 0.330. The molecule has 0 aliphatic heterocycles. The van der Waals surface area contributed by atoms with Crippen LogP contribution in [0.25, 0.3) is 0 Å². The molecule has 0 atom stereocenters. The molecule has 0 radical (unpaired) electrons. The largest absolute Gasteiger partial charge is 0.408 e. The van der Waals surface area contributed by atoms with Gasteiger partial charge in [0.15, 0.2) is 0 Å². The zero-order chi connectivity index (χ0) is 4.99. The SMILES string of the molecule is O=C(F)NSCl. The predicted octanol–water partition coefficient (Wildman–Crippen LogP) is 1.47. The highest BCUT2D eigenvalue weighted by molar-refractivity contribution is 8.19. The van der Waals surface area contributed by atoms with Crippen LogP contribution in [0.15, 0.2) is 0 Å². The van der Waals surface area contributed by atoms with E-state index >= 15 is 0 Å². The van der Waals surface area contributed by atoms with Gasteiger partial charge in [-0.3, -0.25) is 4.72 Å². The fourth-order valence-corrected chi connectivity index (χ4v) is 0.273. The van der Waals surface area contributed by atoms with Gasteiger partial charge in [0.25, 0.3) is 0 Å². The van der Waals surface area contributed by atoms with Gasteiger partial charge in [-0.05, 0) is 10.7 Å². The molecule has 0 heterocycles. The number of carbonyl (C=O) groups excluding carboxylic acids is 1. The van der Waals surface area contributed by atoms with Crippen molar-refractivity contribution >= 4 is 28.0 Å². The summed E-state index contributed by atoms with van der Waals surface area (Å²) < 4.78 is 12.4. The lowest BCUT2D eigenvalue weighted by molar-refractivity contribution is 0.228. The number of halogens is 2. The highest BCUT2D eigenvalue weighted by Crippen LogP contribution is 1.97. The first-order chi connectivity index (χ1) is 2.77. The van der Waals surface area contributed by atoms with Gasteiger partial charge >= 0.3 is 6.16 Å². The predicted molar refractivity (Wildman–Crippen MR) is 23.1 cm³/mol. The molecule has 0 saturated carbocycles. The molecule has 1 amide bonds. The summed E-state index contributed by atoms with van der Waals surface area (Å²) in [6.45, 7) is 0. The molecule has 0 aliphatic rings. The van der Waals surface area contributed by atoms with Crippen molar-refractivity contribution in [1.82, 2.24) is 4.72 Å². The van der Waals surface area contributed by atoms with Gasteiger partial charge in [0.2, 0.25) is 0 Å². The van der Waals surface area contributed by atoms with E-state index in [1.54, 1.807) is 4.72 Å². The number of rotatable bonds is 1. The Balaban J connectivity index is 2.83. The van der Waals surface area contributed by atoms with E-state index < -0.39 is 6.16 Å². The third kappa shape index (κ3) is 4.04. The molecule has 0 fully saturated rings. The molecule has 36 valence electrons. The van der Waals surface area contributed by atoms with Crippen LogP contribution >= 0.6 is 21.8 Å². The third-order valence-corrected chi connectivity index (χ3v) is 0.588. The monoisotopic (exact) mass is 129 g/mol. The summed E-state index contributed by atoms with van der Waals surface area (Å²) in [4.78, 5) is 9.16. The van der Waals surface area contributed by atoms with E-state index in [1.165, 1.54) is 0 Å². The van der Waals surface area contributed by atoms with Crippen molar-refractivity contribution in [3.05, 3.63) is 0 Å². The topological polar surface area (TPSA) is 29.1 Å². The van der Waals surface area contributed by atoms with Gasteiger partial charge in [0.05, 0.1) is 11.2 Å². The standard InChI is InChI=1S/CHClFNOS/c2-6-4-1(3)5/h(H,4,5). The molecule has 0 spiro atoms. The first kappa shape index (κ1) is 6.04. The van der Waals surface area contributed by atoms with E-state index in [4.69, 9.17) is 15.5 Å². The normalized spacial score (nSPS) is 7.67. The van der Waals surface area contributed by atoms with Gasteiger partial charge in [0.1, 0.15) is 0 Å². The molecule has 6 heavy (non-hydrogen) atoms. The maximum atomic E-state index is 10.8. The highest BCUT2D eigenvalue weighted by Gasteiger charge is 1.88. The Labute approximate surface area is 42.7 Å². The minimum atomic E-state index is -1.63. The summed E-state index contributed by atoms with van der Waals surface area (Å²) in [5.74, 6) is 0. The van der Waals surface area contributed by atoms with Crippen molar-refractivity contribution in [2.75, 3.05) is 0 Å². The van der Waals surface area contributed by atoms with Crippen molar-refractivity contribution in [2.45, 2.75) is 0 Å². The molecule has 2 nitrogen and oxygen atoms in total. The summed E-state index contributed by atoms with van der Waals surface area (Å²) in [6.07, 6.45) is -1.63. The number of hydrogen-bond donors (Lipinski definition) is 1. The van der Waals surface area contributed by atoms with Gasteiger partial charge in [-0.1, -0.05) is 0 Å². The van der Waals surface area contributed by atoms with Gasteiger partial charge < -0.3 is 0 Å². The lowest BCUT2D eigenvalue weighted by Crippen LogP contribution is -2.02. The van der Waals surface area contributed by atoms with E-state index in [0.717, 1.165) is 0 Å². The number of carbonyl (C=O) groups is 1. The molecule has 0 unspecified atom stereocenters. The van der Waals surface area contributed by atoms with Crippen molar-refractivity contribution in [3.8, 4) is 0 Å². The average Bonchev–Trinajstić information content (AvgIpc) is 1.35. The van der Waals surface area contributed by atoms with Crippen LogP contribution in [-0.2, 0) is 0 Å². The van der Waals surface area contributed by atoms with Gasteiger partial charge in [0, 0.05) is 0 Å². The molecule has 0 rings (SSSR count). The van der Waals surface area contributed by atoms with E-state index in [9.17, 15) is 4.39 Å². The maximum Gasteiger partial charge on any atom is 0.408 e. The molecule has 0 saturated heterocycles. The molecule has 0 aromatic heterocycles. The minimum absolute atomic E-state index is 0.407. The Morgan fingerprint density at radius 2 is 2.50 bits per heavy atom. The smallest absolute Gasteiger partial charge is 0.258 e. The van der Waals surface area contributed by atoms with Crippen LogP contribution in [0.2, 0.25) is 0 Å². The van der Waals surface area contributed by atoms with E-state index in [2.05, 4.69) is 0 Å². The molecule has 0 aromatic rings. The summed E-state index contributed by atoms with van der Waals surface area (Å²) >= 11 is 0.407. The second-order valence-corrected chi connectivity index (χ2v) is 1.27. The summed E-state index contributed by atoms with van der Waals surface area (Å²) in [5, 5.41) is 0. The number of nitrogens with one attached hydrogen (secondary N) is 1. The lowest BCUT2D eigenvalue weighted by atomic mass is 11.4. The first-order valence-electron chi connectivity index (χ1n) is 1.00. The molecule has 0 bridgehead atoms. The minimum Gasteiger partial charge on any atom is -0.258 e. The van der Waals surface area contributed by atoms with Crippen LogP contribution in [0.4, 0.5) is 9.18 Å². The van der Waals surface area contributed by atoms with Gasteiger partial charge in [-0.2, -0.15) is 0 Å². The summed E-state index contributed by atoms with van der Waals surface area (Å²) in [5.41, 5.74) is 0. The van der Waals surface area contributed by atoms with Crippen molar-refractivity contribution in [3.63, 3.8) is 0 Å². The Hall–Kier alpha value is 0.0400. The number of amides is 1. The summed E-state index contributed by atoms with van der Waals surface area (Å²) in [6, 6.07) is 0. The lowest BCUT2D eigenvalue weighted by Gasteiger charge is -1.80. The van der Waals surface area contributed by atoms with Crippen LogP contribution in [0.5, 0.6) is 0 Å². The van der Waals surface area contributed by atoms with Crippen LogP contribution in [0, 0.1) is 0 Å². The van der Waals surface area contributed by atoms with E-state index in [-0.39, 0.29) is 0 Å². The first-order valence-corrected chi connectivity index (χ1v) is 2.64. The zero-order valence-corrected chi connectivity index (χ0v) is 4.14. The fraction of sp³-hybridized carbons (Fsp3) is 0. The Morgan fingerprint density at radius 1 is 2.00 bits per heavy atom. The van der Waals surface area contributed by atoms with Gasteiger partial charge in [-0.25, -0.2) is 4.79 Å². The van der Waals surface area contributed by atoms with Crippen molar-refractivity contribution < 1.29 is 9.18 Å². The van der Waals surface area contributed by atoms with Crippen molar-refractivity contribution in [2.24, 2.45) is 0 Å². The van der Waals surface area contributed by atoms with Gasteiger partial charge in [-0.15, -0.1) is 4.39 Å². The Bertz CT molecular complexity index is 59.5. The van der Waals surface area contributed by atoms with Crippen LogP contribution < -0.4 is 4.72 Å². The molecular weight excluding hydrogens is 129 g/mol. The molecular formula is CHClFNOS. The van der Waals surface area contributed by atoms with E-state index in [0.29, 0.717) is 11.2 Å². The molecule has 0 aromatic carbocycles. The van der Waals surface area contributed by atoms with Crippen LogP contribution in [0.1, 0.15) is 0 Å². The van der Waals surface area contributed by atoms with E-state index in [1.807, 2.05) is 0 Å². The molecule has 0 aliphatic carbocycles. The van der Waals surface area contributed by atoms with Crippen LogP contribution in [-0.4, -0.2) is 6.16 Å². The van der Waals surface area contributed by atoms with Crippen LogP contribution in [0.3, 0.4) is 0 Å². The highest BCUT2D eigenvalue weighted by atomic mass is 35.7. The molecule has 1 N–H and O–H groups in total. The fourth-order valence-electron chi connectivity index (χ4n) is 0.0303. The molecule has 5 heteroatoms. The Kier molecular flexibility index (Phi) is 3.26. The Morgan fingerprint density at radius 3 is 2.50 bits per heavy atom. The zero-order valence-electron chi connectivity index (χ0n) is 2.57. The van der Waals surface area contributed by atoms with Crippen molar-refractivity contribution in [1.29, 1.82) is 0 Å². The second-order valence-electron chi connectivity index (χ2n) is 0.453. The average molecular weight is 130 g/mol. The maximum absolute atomic E-state index is 10.8. The second kappa shape index (κ2) is 3.24. The third-order valence-electron chi connectivity index (χ3n) is 0.119. The number of hydrogen-bond acceptors (Lipinski definition) is 2.